The van der Waals surface area contributed by atoms with Gasteiger partial charge in [0, 0.05) is 33.1 Å². The molecule has 0 aliphatic carbocycles. The average Bonchev–Trinajstić information content (AvgIpc) is 2.52. The molecule has 0 aromatic heterocycles. The van der Waals surface area contributed by atoms with Crippen LogP contribution in [0.5, 0.6) is 5.75 Å². The zero-order chi connectivity index (χ0) is 18.6. The zero-order valence-corrected chi connectivity index (χ0v) is 15.5. The fourth-order valence-corrected chi connectivity index (χ4v) is 2.81. The number of rotatable bonds is 4. The second-order valence-corrected chi connectivity index (χ2v) is 7.52. The van der Waals surface area contributed by atoms with E-state index < -0.39 is 5.60 Å². The predicted octanol–water partition coefficient (Wildman–Crippen LogP) is 2.92. The standard InChI is InChI=1S/C19H28N2O4/c1-19(2,3)25-18(24)20(4)10-5-6-17(23)21-11-9-14-7-8-16(22)12-15(14)13-21/h7-8,12,22H,5-6,9-11,13H2,1-4H3. The van der Waals surface area contributed by atoms with Crippen LogP contribution in [0.4, 0.5) is 4.79 Å². The van der Waals surface area contributed by atoms with E-state index in [0.717, 1.165) is 12.0 Å². The number of phenolic OH excluding ortho intramolecular Hbond substituents is 1. The van der Waals surface area contributed by atoms with Gasteiger partial charge in [0.05, 0.1) is 0 Å². The van der Waals surface area contributed by atoms with E-state index in [9.17, 15) is 14.7 Å². The Morgan fingerprint density at radius 1 is 1.28 bits per heavy atom. The normalized spacial score (nSPS) is 14.0. The van der Waals surface area contributed by atoms with Crippen molar-refractivity contribution in [3.05, 3.63) is 29.3 Å². The molecule has 0 bridgehead atoms. The first kappa shape index (κ1) is 19.1. The monoisotopic (exact) mass is 348 g/mol. The molecule has 0 atom stereocenters. The molecule has 0 radical (unpaired) electrons. The Morgan fingerprint density at radius 2 is 2.00 bits per heavy atom. The molecule has 138 valence electrons. The summed E-state index contributed by atoms with van der Waals surface area (Å²) in [7, 11) is 1.68. The number of ether oxygens (including phenoxy) is 1. The van der Waals surface area contributed by atoms with Gasteiger partial charge in [-0.1, -0.05) is 6.07 Å². The second kappa shape index (κ2) is 7.76. The Kier molecular flexibility index (Phi) is 5.93. The summed E-state index contributed by atoms with van der Waals surface area (Å²) in [5, 5.41) is 9.60. The lowest BCUT2D eigenvalue weighted by Crippen LogP contribution is -2.37. The molecule has 1 aromatic rings. The topological polar surface area (TPSA) is 70.1 Å². The van der Waals surface area contributed by atoms with E-state index in [2.05, 4.69) is 0 Å². The lowest BCUT2D eigenvalue weighted by atomic mass is 9.99. The van der Waals surface area contributed by atoms with Crippen molar-refractivity contribution >= 4 is 12.0 Å². The molecule has 1 aliphatic rings. The second-order valence-electron chi connectivity index (χ2n) is 7.52. The largest absolute Gasteiger partial charge is 0.508 e. The summed E-state index contributed by atoms with van der Waals surface area (Å²) in [5.74, 6) is 0.304. The van der Waals surface area contributed by atoms with Gasteiger partial charge in [-0.15, -0.1) is 0 Å². The first-order valence-electron chi connectivity index (χ1n) is 8.68. The average molecular weight is 348 g/mol. The van der Waals surface area contributed by atoms with Crippen LogP contribution < -0.4 is 0 Å². The van der Waals surface area contributed by atoms with Crippen molar-refractivity contribution in [3.63, 3.8) is 0 Å². The first-order valence-corrected chi connectivity index (χ1v) is 8.68. The van der Waals surface area contributed by atoms with E-state index in [1.54, 1.807) is 19.2 Å². The van der Waals surface area contributed by atoms with Crippen LogP contribution in [0.2, 0.25) is 0 Å². The van der Waals surface area contributed by atoms with Crippen LogP contribution in [0.3, 0.4) is 0 Å². The molecule has 1 N–H and O–H groups in total. The summed E-state index contributed by atoms with van der Waals surface area (Å²) < 4.78 is 5.29. The minimum atomic E-state index is -0.520. The maximum Gasteiger partial charge on any atom is 0.410 e. The number of phenols is 1. The predicted molar refractivity (Wildman–Crippen MR) is 95.3 cm³/mol. The third kappa shape index (κ3) is 5.66. The number of aromatic hydroxyl groups is 1. The molecule has 0 saturated heterocycles. The molecular formula is C19H28N2O4. The fraction of sp³-hybridized carbons (Fsp3) is 0.579. The highest BCUT2D eigenvalue weighted by molar-refractivity contribution is 5.76. The Morgan fingerprint density at radius 3 is 2.68 bits per heavy atom. The highest BCUT2D eigenvalue weighted by Crippen LogP contribution is 2.23. The number of fused-ring (bicyclic) bond motifs is 1. The summed E-state index contributed by atoms with van der Waals surface area (Å²) in [6.07, 6.45) is 1.42. The molecule has 0 saturated carbocycles. The van der Waals surface area contributed by atoms with E-state index >= 15 is 0 Å². The van der Waals surface area contributed by atoms with E-state index in [0.29, 0.717) is 32.5 Å². The van der Waals surface area contributed by atoms with E-state index in [1.807, 2.05) is 31.7 Å². The van der Waals surface area contributed by atoms with E-state index in [-0.39, 0.29) is 17.7 Å². The first-order chi connectivity index (χ1) is 11.7. The third-order valence-corrected chi connectivity index (χ3v) is 4.14. The number of hydrogen-bond donors (Lipinski definition) is 1. The number of amides is 2. The molecule has 6 heteroatoms. The van der Waals surface area contributed by atoms with Gasteiger partial charge >= 0.3 is 6.09 Å². The molecule has 1 aliphatic heterocycles. The number of hydrogen-bond acceptors (Lipinski definition) is 4. The Balaban J connectivity index is 1.78. The van der Waals surface area contributed by atoms with Crippen molar-refractivity contribution in [1.29, 1.82) is 0 Å². The molecule has 2 amide bonds. The van der Waals surface area contributed by atoms with Crippen LogP contribution in [0.1, 0.15) is 44.7 Å². The van der Waals surface area contributed by atoms with Crippen molar-refractivity contribution < 1.29 is 19.4 Å². The fourth-order valence-electron chi connectivity index (χ4n) is 2.81. The quantitative estimate of drug-likeness (QED) is 0.908. The van der Waals surface area contributed by atoms with Gasteiger partial charge in [-0.25, -0.2) is 4.79 Å². The van der Waals surface area contributed by atoms with Gasteiger partial charge in [-0.05, 0) is 56.9 Å². The summed E-state index contributed by atoms with van der Waals surface area (Å²) in [5.41, 5.74) is 1.67. The highest BCUT2D eigenvalue weighted by atomic mass is 16.6. The van der Waals surface area contributed by atoms with Gasteiger partial charge in [0.25, 0.3) is 0 Å². The zero-order valence-electron chi connectivity index (χ0n) is 15.5. The summed E-state index contributed by atoms with van der Waals surface area (Å²) in [6.45, 7) is 7.19. The lowest BCUT2D eigenvalue weighted by molar-refractivity contribution is -0.132. The molecule has 0 unspecified atom stereocenters. The van der Waals surface area contributed by atoms with Gasteiger partial charge in [0.2, 0.25) is 5.91 Å². The number of carbonyl (C=O) groups is 2. The molecule has 1 aromatic carbocycles. The van der Waals surface area contributed by atoms with Gasteiger partial charge in [0.1, 0.15) is 11.4 Å². The number of benzene rings is 1. The Labute approximate surface area is 149 Å². The maximum atomic E-state index is 12.4. The van der Waals surface area contributed by atoms with Crippen LogP contribution >= 0.6 is 0 Å². The SMILES string of the molecule is CN(CCCC(=O)N1CCc2ccc(O)cc2C1)C(=O)OC(C)(C)C. The van der Waals surface area contributed by atoms with Crippen molar-refractivity contribution in [2.24, 2.45) is 0 Å². The minimum absolute atomic E-state index is 0.0755. The molecule has 2 rings (SSSR count). The Bertz CT molecular complexity index is 637. The third-order valence-electron chi connectivity index (χ3n) is 4.14. The van der Waals surface area contributed by atoms with Gasteiger partial charge in [0.15, 0.2) is 0 Å². The van der Waals surface area contributed by atoms with Gasteiger partial charge < -0.3 is 19.6 Å². The van der Waals surface area contributed by atoms with Crippen LogP contribution in [0.15, 0.2) is 18.2 Å². The number of nitrogens with zero attached hydrogens (tertiary/aromatic N) is 2. The molecule has 0 fully saturated rings. The van der Waals surface area contributed by atoms with Crippen LogP contribution in [-0.4, -0.2) is 52.6 Å². The van der Waals surface area contributed by atoms with Crippen LogP contribution in [-0.2, 0) is 22.5 Å². The molecule has 1 heterocycles. The molecule has 25 heavy (non-hydrogen) atoms. The maximum absolute atomic E-state index is 12.4. The van der Waals surface area contributed by atoms with Crippen LogP contribution in [0, 0.1) is 0 Å². The summed E-state index contributed by atoms with van der Waals surface area (Å²) in [6, 6.07) is 5.33. The highest BCUT2D eigenvalue weighted by Gasteiger charge is 2.22. The van der Waals surface area contributed by atoms with E-state index in [1.165, 1.54) is 10.5 Å². The minimum Gasteiger partial charge on any atom is -0.508 e. The smallest absolute Gasteiger partial charge is 0.410 e. The molecular weight excluding hydrogens is 320 g/mol. The van der Waals surface area contributed by atoms with Gasteiger partial charge in [-0.2, -0.15) is 0 Å². The van der Waals surface area contributed by atoms with E-state index in [4.69, 9.17) is 4.74 Å². The number of carbonyl (C=O) groups excluding carboxylic acids is 2. The summed E-state index contributed by atoms with van der Waals surface area (Å²) >= 11 is 0. The molecule has 0 spiro atoms. The lowest BCUT2D eigenvalue weighted by Gasteiger charge is -2.29. The van der Waals surface area contributed by atoms with Crippen molar-refractivity contribution in [2.45, 2.75) is 52.2 Å². The van der Waals surface area contributed by atoms with Crippen molar-refractivity contribution in [1.82, 2.24) is 9.80 Å². The van der Waals surface area contributed by atoms with Gasteiger partial charge in [-0.3, -0.25) is 4.79 Å². The summed E-state index contributed by atoms with van der Waals surface area (Å²) in [4.78, 5) is 27.6. The molecule has 6 nitrogen and oxygen atoms in total. The van der Waals surface area contributed by atoms with Crippen molar-refractivity contribution in [3.8, 4) is 5.75 Å². The van der Waals surface area contributed by atoms with Crippen LogP contribution in [0.25, 0.3) is 0 Å². The Hall–Kier alpha value is -2.24. The van der Waals surface area contributed by atoms with Crippen molar-refractivity contribution in [2.75, 3.05) is 20.1 Å².